The van der Waals surface area contributed by atoms with E-state index in [2.05, 4.69) is 15.5 Å². The molecule has 1 aliphatic rings. The zero-order valence-corrected chi connectivity index (χ0v) is 17.2. The Morgan fingerprint density at radius 3 is 2.68 bits per heavy atom. The highest BCUT2D eigenvalue weighted by Gasteiger charge is 2.22. The van der Waals surface area contributed by atoms with Gasteiger partial charge in [0.15, 0.2) is 0 Å². The Bertz CT molecular complexity index is 808. The summed E-state index contributed by atoms with van der Waals surface area (Å²) in [6.45, 7) is 4.10. The molecule has 3 rings (SSSR count). The lowest BCUT2D eigenvalue weighted by molar-refractivity contribution is 0.0946. The Labute approximate surface area is 173 Å². The number of anilines is 1. The van der Waals surface area contributed by atoms with Gasteiger partial charge in [0.2, 0.25) is 0 Å². The number of ether oxygens (including phenoxy) is 1. The van der Waals surface area contributed by atoms with E-state index in [-0.39, 0.29) is 11.9 Å². The molecule has 7 nitrogen and oxygen atoms in total. The summed E-state index contributed by atoms with van der Waals surface area (Å²) in [5.74, 6) is 0.529. The number of amides is 3. The van der Waals surface area contributed by atoms with E-state index in [1.807, 2.05) is 17.5 Å². The highest BCUT2D eigenvalue weighted by Crippen LogP contribution is 2.28. The molecular formula is C19H23ClN4O3S. The summed E-state index contributed by atoms with van der Waals surface area (Å²) < 4.78 is 5.26. The van der Waals surface area contributed by atoms with Crippen LogP contribution < -0.4 is 15.4 Å². The predicted molar refractivity (Wildman–Crippen MR) is 112 cm³/mol. The average molecular weight is 423 g/mol. The Kier molecular flexibility index (Phi) is 7.13. The third kappa shape index (κ3) is 5.37. The SMILES string of the molecule is COc1ccc(Cl)cc1NC(=O)N1CCN(CCNC(=O)c2cccs2)CC1. The Morgan fingerprint density at radius 2 is 2.00 bits per heavy atom. The Morgan fingerprint density at radius 1 is 1.21 bits per heavy atom. The van der Waals surface area contributed by atoms with Gasteiger partial charge in [0.25, 0.3) is 5.91 Å². The fraction of sp³-hybridized carbons (Fsp3) is 0.368. The van der Waals surface area contributed by atoms with E-state index >= 15 is 0 Å². The van der Waals surface area contributed by atoms with E-state index in [0.717, 1.165) is 24.5 Å². The maximum atomic E-state index is 12.5. The van der Waals surface area contributed by atoms with E-state index in [1.165, 1.54) is 11.3 Å². The fourth-order valence-electron chi connectivity index (χ4n) is 2.97. The molecule has 0 saturated carbocycles. The third-order valence-corrected chi connectivity index (χ3v) is 5.62. The number of nitrogens with zero attached hydrogens (tertiary/aromatic N) is 2. The van der Waals surface area contributed by atoms with Crippen LogP contribution in [0.4, 0.5) is 10.5 Å². The second-order valence-electron chi connectivity index (χ2n) is 6.34. The number of halogens is 1. The van der Waals surface area contributed by atoms with Crippen LogP contribution in [0.2, 0.25) is 5.02 Å². The van der Waals surface area contributed by atoms with Gasteiger partial charge in [-0.05, 0) is 29.6 Å². The lowest BCUT2D eigenvalue weighted by atomic mass is 10.3. The molecule has 0 aliphatic carbocycles. The van der Waals surface area contributed by atoms with Crippen LogP contribution >= 0.6 is 22.9 Å². The van der Waals surface area contributed by atoms with Gasteiger partial charge in [-0.2, -0.15) is 0 Å². The van der Waals surface area contributed by atoms with E-state index in [1.54, 1.807) is 30.2 Å². The number of methoxy groups -OCH3 is 1. The number of rotatable bonds is 6. The van der Waals surface area contributed by atoms with Crippen molar-refractivity contribution in [3.63, 3.8) is 0 Å². The number of carbonyl (C=O) groups is 2. The smallest absolute Gasteiger partial charge is 0.322 e. The van der Waals surface area contributed by atoms with Crippen molar-refractivity contribution in [1.29, 1.82) is 0 Å². The Hall–Kier alpha value is -2.29. The molecule has 0 spiro atoms. The van der Waals surface area contributed by atoms with Gasteiger partial charge < -0.3 is 20.3 Å². The normalized spacial score (nSPS) is 14.6. The first kappa shape index (κ1) is 20.4. The summed E-state index contributed by atoms with van der Waals surface area (Å²) in [5.41, 5.74) is 0.554. The number of nitrogens with one attached hydrogen (secondary N) is 2. The molecule has 1 aromatic carbocycles. The molecule has 9 heteroatoms. The molecule has 150 valence electrons. The average Bonchev–Trinajstić information content (AvgIpc) is 3.23. The number of piperazine rings is 1. The molecule has 1 saturated heterocycles. The predicted octanol–water partition coefficient (Wildman–Crippen LogP) is 2.99. The van der Waals surface area contributed by atoms with Gasteiger partial charge in [0.05, 0.1) is 17.7 Å². The maximum Gasteiger partial charge on any atom is 0.322 e. The number of thiophene rings is 1. The number of benzene rings is 1. The summed E-state index contributed by atoms with van der Waals surface area (Å²) in [5, 5.41) is 8.21. The molecule has 2 heterocycles. The van der Waals surface area contributed by atoms with E-state index < -0.39 is 0 Å². The minimum atomic E-state index is -0.175. The van der Waals surface area contributed by atoms with Gasteiger partial charge in [-0.3, -0.25) is 9.69 Å². The van der Waals surface area contributed by atoms with Crippen molar-refractivity contribution in [2.45, 2.75) is 0 Å². The van der Waals surface area contributed by atoms with E-state index in [0.29, 0.717) is 36.1 Å². The second-order valence-corrected chi connectivity index (χ2v) is 7.72. The van der Waals surface area contributed by atoms with Crippen molar-refractivity contribution in [2.75, 3.05) is 51.7 Å². The van der Waals surface area contributed by atoms with Gasteiger partial charge in [-0.1, -0.05) is 17.7 Å². The van der Waals surface area contributed by atoms with Crippen molar-refractivity contribution in [3.8, 4) is 5.75 Å². The molecule has 3 amide bonds. The zero-order valence-electron chi connectivity index (χ0n) is 15.6. The van der Waals surface area contributed by atoms with Crippen LogP contribution in [0.15, 0.2) is 35.7 Å². The van der Waals surface area contributed by atoms with Crippen molar-refractivity contribution < 1.29 is 14.3 Å². The molecule has 1 aromatic heterocycles. The zero-order chi connectivity index (χ0) is 19.9. The van der Waals surface area contributed by atoms with Crippen LogP contribution in [-0.4, -0.2) is 68.1 Å². The molecule has 1 fully saturated rings. The van der Waals surface area contributed by atoms with Gasteiger partial charge in [-0.15, -0.1) is 11.3 Å². The number of urea groups is 1. The summed E-state index contributed by atoms with van der Waals surface area (Å²) in [4.78, 5) is 29.2. The molecule has 1 aliphatic heterocycles. The van der Waals surface area contributed by atoms with Gasteiger partial charge in [-0.25, -0.2) is 4.79 Å². The minimum Gasteiger partial charge on any atom is -0.495 e. The molecular weight excluding hydrogens is 400 g/mol. The van der Waals surface area contributed by atoms with Crippen LogP contribution in [0.1, 0.15) is 9.67 Å². The first-order valence-corrected chi connectivity index (χ1v) is 10.3. The van der Waals surface area contributed by atoms with Gasteiger partial charge >= 0.3 is 6.03 Å². The minimum absolute atomic E-state index is 0.0384. The number of carbonyl (C=O) groups excluding carboxylic acids is 2. The second kappa shape index (κ2) is 9.77. The van der Waals surface area contributed by atoms with Gasteiger partial charge in [0, 0.05) is 44.3 Å². The highest BCUT2D eigenvalue weighted by atomic mass is 35.5. The van der Waals surface area contributed by atoms with Gasteiger partial charge in [0.1, 0.15) is 5.75 Å². The molecule has 0 unspecified atom stereocenters. The number of hydrogen-bond acceptors (Lipinski definition) is 5. The molecule has 28 heavy (non-hydrogen) atoms. The topological polar surface area (TPSA) is 73.9 Å². The summed E-state index contributed by atoms with van der Waals surface area (Å²) in [7, 11) is 1.55. The van der Waals surface area contributed by atoms with Crippen molar-refractivity contribution in [2.24, 2.45) is 0 Å². The van der Waals surface area contributed by atoms with Crippen LogP contribution in [0.3, 0.4) is 0 Å². The third-order valence-electron chi connectivity index (χ3n) is 4.52. The Balaban J connectivity index is 1.42. The molecule has 2 N–H and O–H groups in total. The molecule has 0 bridgehead atoms. The maximum absolute atomic E-state index is 12.5. The first-order chi connectivity index (χ1) is 13.6. The largest absolute Gasteiger partial charge is 0.495 e. The standard InChI is InChI=1S/C19H23ClN4O3S/c1-27-16-5-4-14(20)13-15(16)22-19(26)24-10-8-23(9-11-24)7-6-21-18(25)17-3-2-12-28-17/h2-5,12-13H,6-11H2,1H3,(H,21,25)(H,22,26). The van der Waals surface area contributed by atoms with Crippen LogP contribution in [0.25, 0.3) is 0 Å². The van der Waals surface area contributed by atoms with Crippen molar-refractivity contribution in [3.05, 3.63) is 45.6 Å². The summed E-state index contributed by atoms with van der Waals surface area (Å²) >= 11 is 7.44. The summed E-state index contributed by atoms with van der Waals surface area (Å²) in [6.07, 6.45) is 0. The fourth-order valence-corrected chi connectivity index (χ4v) is 3.78. The lowest BCUT2D eigenvalue weighted by Gasteiger charge is -2.34. The van der Waals surface area contributed by atoms with E-state index in [4.69, 9.17) is 16.3 Å². The quantitative estimate of drug-likeness (QED) is 0.750. The molecule has 0 radical (unpaired) electrons. The van der Waals surface area contributed by atoms with Crippen LogP contribution in [0, 0.1) is 0 Å². The molecule has 2 aromatic rings. The van der Waals surface area contributed by atoms with Crippen molar-refractivity contribution >= 4 is 40.6 Å². The van der Waals surface area contributed by atoms with Crippen molar-refractivity contribution in [1.82, 2.24) is 15.1 Å². The highest BCUT2D eigenvalue weighted by molar-refractivity contribution is 7.12. The van der Waals surface area contributed by atoms with Crippen LogP contribution in [-0.2, 0) is 0 Å². The number of hydrogen-bond donors (Lipinski definition) is 2. The molecule has 0 atom stereocenters. The summed E-state index contributed by atoms with van der Waals surface area (Å²) in [6, 6.07) is 8.61. The van der Waals surface area contributed by atoms with Crippen LogP contribution in [0.5, 0.6) is 5.75 Å². The monoisotopic (exact) mass is 422 g/mol. The van der Waals surface area contributed by atoms with E-state index in [9.17, 15) is 9.59 Å². The lowest BCUT2D eigenvalue weighted by Crippen LogP contribution is -2.51. The first-order valence-electron chi connectivity index (χ1n) is 9.00.